The van der Waals surface area contributed by atoms with Gasteiger partial charge < -0.3 is 10.2 Å². The lowest BCUT2D eigenvalue weighted by Crippen LogP contribution is -2.39. The third-order valence-electron chi connectivity index (χ3n) is 6.61. The third kappa shape index (κ3) is 5.09. The maximum Gasteiger partial charge on any atom is 0.253 e. The van der Waals surface area contributed by atoms with E-state index in [1.54, 1.807) is 18.5 Å². The van der Waals surface area contributed by atoms with E-state index in [0.29, 0.717) is 25.2 Å². The Balaban J connectivity index is 1.32. The number of carbonyl (C=O) groups excluding carboxylic acids is 1. The molecule has 4 aromatic rings. The highest BCUT2D eigenvalue weighted by Crippen LogP contribution is 2.34. The van der Waals surface area contributed by atoms with E-state index in [0.717, 1.165) is 46.5 Å². The van der Waals surface area contributed by atoms with Crippen LogP contribution in [0, 0.1) is 12.7 Å². The lowest BCUT2D eigenvalue weighted by Gasteiger charge is -2.33. The highest BCUT2D eigenvalue weighted by molar-refractivity contribution is 5.95. The van der Waals surface area contributed by atoms with Gasteiger partial charge in [0.25, 0.3) is 5.91 Å². The van der Waals surface area contributed by atoms with Crippen molar-refractivity contribution in [3.05, 3.63) is 101 Å². The highest BCUT2D eigenvalue weighted by atomic mass is 19.1. The van der Waals surface area contributed by atoms with Crippen molar-refractivity contribution in [2.45, 2.75) is 32.2 Å². The normalized spacial score (nSPS) is 15.7. The topological polar surface area (TPSA) is 73.9 Å². The van der Waals surface area contributed by atoms with E-state index in [2.05, 4.69) is 20.5 Å². The molecule has 1 aliphatic heterocycles. The van der Waals surface area contributed by atoms with Gasteiger partial charge in [0.05, 0.1) is 6.20 Å². The molecule has 3 heterocycles. The number of hydrogen-bond acceptors (Lipinski definition) is 4. The predicted molar refractivity (Wildman–Crippen MR) is 135 cm³/mol. The predicted octanol–water partition coefficient (Wildman–Crippen LogP) is 5.55. The molecular weight excluding hydrogens is 441 g/mol. The van der Waals surface area contributed by atoms with E-state index in [1.165, 1.54) is 12.1 Å². The fourth-order valence-corrected chi connectivity index (χ4v) is 4.72. The number of benzene rings is 2. The van der Waals surface area contributed by atoms with Crippen LogP contribution in [0.25, 0.3) is 11.1 Å². The van der Waals surface area contributed by atoms with Gasteiger partial charge in [0.15, 0.2) is 0 Å². The zero-order chi connectivity index (χ0) is 24.2. The number of aromatic nitrogens is 3. The fraction of sp³-hybridized carbons (Fsp3) is 0.250. The molecular formula is C28H28FN5O. The van der Waals surface area contributed by atoms with Crippen molar-refractivity contribution >= 4 is 11.6 Å². The molecule has 7 heteroatoms. The lowest BCUT2D eigenvalue weighted by atomic mass is 9.90. The molecule has 5 rings (SSSR count). The van der Waals surface area contributed by atoms with Crippen molar-refractivity contribution < 1.29 is 9.18 Å². The largest absolute Gasteiger partial charge is 0.381 e. The number of H-pyrrole nitrogens is 1. The zero-order valence-corrected chi connectivity index (χ0v) is 19.7. The lowest BCUT2D eigenvalue weighted by molar-refractivity contribution is 0.0706. The van der Waals surface area contributed by atoms with Gasteiger partial charge in [-0.15, -0.1) is 0 Å². The van der Waals surface area contributed by atoms with Gasteiger partial charge in [-0.1, -0.05) is 24.3 Å². The summed E-state index contributed by atoms with van der Waals surface area (Å²) in [5.41, 5.74) is 6.40. The summed E-state index contributed by atoms with van der Waals surface area (Å²) in [5, 5.41) is 10.8. The molecule has 2 aromatic carbocycles. The summed E-state index contributed by atoms with van der Waals surface area (Å²) in [4.78, 5) is 19.5. The number of pyridine rings is 1. The number of carbonyl (C=O) groups is 1. The van der Waals surface area contributed by atoms with Gasteiger partial charge in [0, 0.05) is 60.5 Å². The van der Waals surface area contributed by atoms with Crippen molar-refractivity contribution in [3.8, 4) is 11.1 Å². The van der Waals surface area contributed by atoms with Crippen molar-refractivity contribution in [1.82, 2.24) is 20.1 Å². The molecule has 0 spiro atoms. The average molecular weight is 470 g/mol. The van der Waals surface area contributed by atoms with Crippen LogP contribution in [0.1, 0.15) is 45.9 Å². The summed E-state index contributed by atoms with van der Waals surface area (Å²) in [6.07, 6.45) is 7.17. The van der Waals surface area contributed by atoms with Crippen LogP contribution in [0.3, 0.4) is 0 Å². The smallest absolute Gasteiger partial charge is 0.253 e. The van der Waals surface area contributed by atoms with Gasteiger partial charge in [-0.3, -0.25) is 14.9 Å². The van der Waals surface area contributed by atoms with Crippen molar-refractivity contribution in [2.24, 2.45) is 0 Å². The van der Waals surface area contributed by atoms with Crippen molar-refractivity contribution in [2.75, 3.05) is 18.4 Å². The fourth-order valence-electron chi connectivity index (χ4n) is 4.72. The van der Waals surface area contributed by atoms with Gasteiger partial charge >= 0.3 is 0 Å². The summed E-state index contributed by atoms with van der Waals surface area (Å²) in [6, 6.07) is 16.3. The number of piperidine rings is 1. The monoisotopic (exact) mass is 469 g/mol. The molecule has 1 saturated heterocycles. The number of anilines is 1. The Morgan fingerprint density at radius 1 is 1.17 bits per heavy atom. The van der Waals surface area contributed by atoms with Crippen LogP contribution in [0.15, 0.2) is 73.2 Å². The minimum Gasteiger partial charge on any atom is -0.381 e. The van der Waals surface area contributed by atoms with E-state index in [1.807, 2.05) is 54.4 Å². The first-order chi connectivity index (χ1) is 17.1. The Labute approximate surface area is 204 Å². The number of amides is 1. The summed E-state index contributed by atoms with van der Waals surface area (Å²) >= 11 is 0. The van der Waals surface area contributed by atoms with Gasteiger partial charge in [0.1, 0.15) is 5.82 Å². The Kier molecular flexibility index (Phi) is 6.57. The summed E-state index contributed by atoms with van der Waals surface area (Å²) in [7, 11) is 0. The van der Waals surface area contributed by atoms with E-state index < -0.39 is 0 Å². The number of aromatic amines is 1. The molecule has 1 atom stereocenters. The Morgan fingerprint density at radius 2 is 2.09 bits per heavy atom. The first-order valence-corrected chi connectivity index (χ1v) is 11.9. The summed E-state index contributed by atoms with van der Waals surface area (Å²) < 4.78 is 13.8. The molecule has 0 saturated carbocycles. The molecule has 6 nitrogen and oxygen atoms in total. The van der Waals surface area contributed by atoms with Gasteiger partial charge in [-0.2, -0.15) is 5.10 Å². The van der Waals surface area contributed by atoms with Crippen LogP contribution in [-0.2, 0) is 6.54 Å². The number of nitrogens with one attached hydrogen (secondary N) is 2. The Hall–Kier alpha value is -4.00. The van der Waals surface area contributed by atoms with E-state index in [9.17, 15) is 9.18 Å². The highest BCUT2D eigenvalue weighted by Gasteiger charge is 2.28. The first kappa shape index (κ1) is 22.8. The molecule has 1 amide bonds. The second-order valence-electron chi connectivity index (χ2n) is 9.04. The number of rotatable bonds is 6. The average Bonchev–Trinajstić information content (AvgIpc) is 3.39. The van der Waals surface area contributed by atoms with Crippen LogP contribution >= 0.6 is 0 Å². The molecule has 0 bridgehead atoms. The minimum atomic E-state index is -0.276. The van der Waals surface area contributed by atoms with E-state index in [-0.39, 0.29) is 17.6 Å². The molecule has 0 radical (unpaired) electrons. The molecule has 178 valence electrons. The van der Waals surface area contributed by atoms with Crippen molar-refractivity contribution in [3.63, 3.8) is 0 Å². The second kappa shape index (κ2) is 10.1. The number of aryl methyl sites for hydroxylation is 1. The summed E-state index contributed by atoms with van der Waals surface area (Å²) in [6.45, 7) is 3.98. The van der Waals surface area contributed by atoms with Gasteiger partial charge in [0.2, 0.25) is 0 Å². The number of hydrogen-bond donors (Lipinski definition) is 2. The van der Waals surface area contributed by atoms with Crippen LogP contribution in [0.5, 0.6) is 0 Å². The molecule has 1 fully saturated rings. The van der Waals surface area contributed by atoms with Crippen LogP contribution in [0.2, 0.25) is 0 Å². The maximum atomic E-state index is 13.8. The SMILES string of the molecule is Cc1ccc(C(=O)N2CCC[C@@H](c3[nH]ncc3-c3cccc(F)c3)C2)cc1NCc1cccnc1. The molecule has 2 N–H and O–H groups in total. The van der Waals surface area contributed by atoms with Gasteiger partial charge in [-0.25, -0.2) is 4.39 Å². The first-order valence-electron chi connectivity index (χ1n) is 11.9. The van der Waals surface area contributed by atoms with Crippen LogP contribution < -0.4 is 5.32 Å². The third-order valence-corrected chi connectivity index (χ3v) is 6.61. The molecule has 1 aliphatic rings. The quantitative estimate of drug-likeness (QED) is 0.388. The molecule has 0 aliphatic carbocycles. The van der Waals surface area contributed by atoms with E-state index in [4.69, 9.17) is 0 Å². The van der Waals surface area contributed by atoms with Crippen LogP contribution in [-0.4, -0.2) is 39.1 Å². The van der Waals surface area contributed by atoms with E-state index >= 15 is 0 Å². The molecule has 35 heavy (non-hydrogen) atoms. The molecule has 0 unspecified atom stereocenters. The number of halogens is 1. The maximum absolute atomic E-state index is 13.8. The molecule has 2 aromatic heterocycles. The minimum absolute atomic E-state index is 0.0194. The number of nitrogens with zero attached hydrogens (tertiary/aromatic N) is 3. The Morgan fingerprint density at radius 3 is 2.91 bits per heavy atom. The zero-order valence-electron chi connectivity index (χ0n) is 19.7. The summed E-state index contributed by atoms with van der Waals surface area (Å²) in [5.74, 6) is -0.143. The standard InChI is InChI=1S/C28H28FN5O/c1-19-9-10-22(14-26(19)31-16-20-5-3-11-30-15-20)28(35)34-12-4-7-23(18-34)27-25(17-32-33-27)21-6-2-8-24(29)13-21/h2-3,5-6,8-11,13-15,17,23,31H,4,7,12,16,18H2,1H3,(H,32,33)/t23-/m1/s1. The Bertz CT molecular complexity index is 1320. The van der Waals surface area contributed by atoms with Crippen LogP contribution in [0.4, 0.5) is 10.1 Å². The van der Waals surface area contributed by atoms with Crippen molar-refractivity contribution in [1.29, 1.82) is 0 Å². The number of likely N-dealkylation sites (tertiary alicyclic amines) is 1. The van der Waals surface area contributed by atoms with Gasteiger partial charge in [-0.05, 0) is 66.8 Å². The second-order valence-corrected chi connectivity index (χ2v) is 9.04.